The Balaban J connectivity index is 2.05. The molecule has 27 heavy (non-hydrogen) atoms. The van der Waals surface area contributed by atoms with Crippen molar-refractivity contribution in [3.8, 4) is 16.9 Å². The molecule has 0 amide bonds. The fourth-order valence-electron chi connectivity index (χ4n) is 2.55. The van der Waals surface area contributed by atoms with E-state index in [-0.39, 0.29) is 21.4 Å². The van der Waals surface area contributed by atoms with Crippen LogP contribution in [0.2, 0.25) is 5.02 Å². The monoisotopic (exact) mass is 469 g/mol. The average molecular weight is 471 g/mol. The Hall–Kier alpha value is -2.09. The van der Waals surface area contributed by atoms with Crippen molar-refractivity contribution >= 4 is 43.2 Å². The van der Waals surface area contributed by atoms with Gasteiger partial charge >= 0.3 is 0 Å². The molecule has 0 atom stereocenters. The Morgan fingerprint density at radius 1 is 1.04 bits per heavy atom. The number of ether oxygens (including phenoxy) is 1. The molecule has 0 fully saturated rings. The van der Waals surface area contributed by atoms with E-state index in [1.165, 1.54) is 31.4 Å². The summed E-state index contributed by atoms with van der Waals surface area (Å²) in [5.74, 6) is -0.717. The molecule has 3 aromatic carbocycles. The first-order chi connectivity index (χ1) is 12.8. The summed E-state index contributed by atoms with van der Waals surface area (Å²) in [6.07, 6.45) is 0. The van der Waals surface area contributed by atoms with Crippen molar-refractivity contribution in [2.75, 3.05) is 11.8 Å². The molecule has 3 aromatic rings. The van der Waals surface area contributed by atoms with Gasteiger partial charge in [-0.15, -0.1) is 0 Å². The van der Waals surface area contributed by atoms with E-state index in [2.05, 4.69) is 20.7 Å². The van der Waals surface area contributed by atoms with Crippen molar-refractivity contribution in [2.45, 2.75) is 4.90 Å². The molecule has 0 unspecified atom stereocenters. The molecule has 1 N–H and O–H groups in total. The number of halogens is 3. The van der Waals surface area contributed by atoms with E-state index in [9.17, 15) is 12.8 Å². The summed E-state index contributed by atoms with van der Waals surface area (Å²) in [6.45, 7) is 0. The van der Waals surface area contributed by atoms with Crippen LogP contribution >= 0.6 is 27.5 Å². The summed E-state index contributed by atoms with van der Waals surface area (Å²) in [7, 11) is -2.84. The maximum absolute atomic E-state index is 14.3. The Morgan fingerprint density at radius 3 is 2.41 bits per heavy atom. The number of hydrogen-bond donors (Lipinski definition) is 1. The number of nitrogens with one attached hydrogen (secondary N) is 1. The zero-order valence-corrected chi connectivity index (χ0v) is 17.2. The van der Waals surface area contributed by atoms with Gasteiger partial charge in [-0.05, 0) is 35.4 Å². The van der Waals surface area contributed by atoms with E-state index < -0.39 is 15.8 Å². The van der Waals surface area contributed by atoms with Crippen LogP contribution in [0, 0.1) is 5.82 Å². The molecule has 140 valence electrons. The third-order valence-electron chi connectivity index (χ3n) is 3.79. The number of benzene rings is 3. The molecule has 0 aliphatic carbocycles. The highest BCUT2D eigenvalue weighted by molar-refractivity contribution is 9.10. The smallest absolute Gasteiger partial charge is 0.265 e. The first kappa shape index (κ1) is 19.7. The highest BCUT2D eigenvalue weighted by Crippen LogP contribution is 2.36. The normalized spacial score (nSPS) is 11.3. The molecule has 0 heterocycles. The maximum Gasteiger partial charge on any atom is 0.265 e. The molecule has 0 radical (unpaired) electrons. The predicted molar refractivity (Wildman–Crippen MR) is 108 cm³/mol. The molecule has 0 aromatic heterocycles. The van der Waals surface area contributed by atoms with Crippen molar-refractivity contribution in [3.63, 3.8) is 0 Å². The Bertz CT molecular complexity index is 1090. The molecule has 0 spiro atoms. The molecule has 8 heteroatoms. The second-order valence-electron chi connectivity index (χ2n) is 5.59. The second-order valence-corrected chi connectivity index (χ2v) is 8.56. The van der Waals surface area contributed by atoms with Gasteiger partial charge in [0, 0.05) is 4.47 Å². The first-order valence-corrected chi connectivity index (χ1v) is 10.4. The Kier molecular flexibility index (Phi) is 5.74. The first-order valence-electron chi connectivity index (χ1n) is 7.72. The van der Waals surface area contributed by atoms with Gasteiger partial charge in [0.05, 0.1) is 17.8 Å². The summed E-state index contributed by atoms with van der Waals surface area (Å²) >= 11 is 9.26. The summed E-state index contributed by atoms with van der Waals surface area (Å²) in [5, 5.41) is 0.116. The van der Waals surface area contributed by atoms with Gasteiger partial charge in [0.25, 0.3) is 10.0 Å². The van der Waals surface area contributed by atoms with Crippen molar-refractivity contribution in [2.24, 2.45) is 0 Å². The van der Waals surface area contributed by atoms with Crippen molar-refractivity contribution < 1.29 is 17.5 Å². The van der Waals surface area contributed by atoms with E-state index in [0.717, 1.165) is 5.56 Å². The standard InChI is InChI=1S/C19H14BrClFNO3S/c1-26-19-15(21)10-14(20)11-18(19)27(24,25)23-17-9-13(7-8-16(17)22)12-5-3-2-4-6-12/h2-11,23H,1H3. The molecule has 0 aliphatic rings. The summed E-state index contributed by atoms with van der Waals surface area (Å²) in [6, 6.07) is 16.3. The summed E-state index contributed by atoms with van der Waals surface area (Å²) in [4.78, 5) is -0.200. The SMILES string of the molecule is COc1c(Cl)cc(Br)cc1S(=O)(=O)Nc1cc(-c2ccccc2)ccc1F. The van der Waals surface area contributed by atoms with E-state index in [1.54, 1.807) is 6.07 Å². The Labute approximate surface area is 170 Å². The van der Waals surface area contributed by atoms with Gasteiger partial charge in [0.15, 0.2) is 5.75 Å². The highest BCUT2D eigenvalue weighted by Gasteiger charge is 2.24. The minimum Gasteiger partial charge on any atom is -0.494 e. The van der Waals surface area contributed by atoms with Crippen LogP contribution in [-0.2, 0) is 10.0 Å². The molecule has 0 bridgehead atoms. The van der Waals surface area contributed by atoms with Gasteiger partial charge in [0.1, 0.15) is 10.7 Å². The van der Waals surface area contributed by atoms with Crippen molar-refractivity contribution in [3.05, 3.63) is 76.0 Å². The highest BCUT2D eigenvalue weighted by atomic mass is 79.9. The van der Waals surface area contributed by atoms with Gasteiger partial charge in [0.2, 0.25) is 0 Å². The topological polar surface area (TPSA) is 55.4 Å². The van der Waals surface area contributed by atoms with Crippen LogP contribution in [0.4, 0.5) is 10.1 Å². The number of methoxy groups -OCH3 is 1. The van der Waals surface area contributed by atoms with Crippen LogP contribution < -0.4 is 9.46 Å². The molecule has 4 nitrogen and oxygen atoms in total. The van der Waals surface area contributed by atoms with E-state index in [0.29, 0.717) is 10.0 Å². The summed E-state index contributed by atoms with van der Waals surface area (Å²) in [5.41, 5.74) is 1.34. The fraction of sp³-hybridized carbons (Fsp3) is 0.0526. The number of anilines is 1. The minimum absolute atomic E-state index is 0.0213. The van der Waals surface area contributed by atoms with E-state index in [1.807, 2.05) is 30.3 Å². The molecule has 3 rings (SSSR count). The van der Waals surface area contributed by atoms with Crippen molar-refractivity contribution in [1.82, 2.24) is 0 Å². The summed E-state index contributed by atoms with van der Waals surface area (Å²) < 4.78 is 47.8. The molecule has 0 saturated carbocycles. The van der Waals surface area contributed by atoms with Gasteiger partial charge in [-0.3, -0.25) is 4.72 Å². The largest absolute Gasteiger partial charge is 0.494 e. The lowest BCUT2D eigenvalue weighted by Gasteiger charge is -2.14. The van der Waals surface area contributed by atoms with Crippen LogP contribution in [-0.4, -0.2) is 15.5 Å². The predicted octanol–water partition coefficient (Wildman–Crippen LogP) is 5.72. The molecular weight excluding hydrogens is 457 g/mol. The number of rotatable bonds is 5. The second kappa shape index (κ2) is 7.88. The average Bonchev–Trinajstić information content (AvgIpc) is 2.63. The van der Waals surface area contributed by atoms with Crippen molar-refractivity contribution in [1.29, 1.82) is 0 Å². The number of sulfonamides is 1. The lowest BCUT2D eigenvalue weighted by Crippen LogP contribution is -2.15. The maximum atomic E-state index is 14.3. The van der Waals surface area contributed by atoms with Gasteiger partial charge in [-0.2, -0.15) is 0 Å². The quantitative estimate of drug-likeness (QED) is 0.519. The van der Waals surface area contributed by atoms with Gasteiger partial charge < -0.3 is 4.74 Å². The van der Waals surface area contributed by atoms with E-state index >= 15 is 0 Å². The zero-order valence-electron chi connectivity index (χ0n) is 14.0. The van der Waals surface area contributed by atoms with Crippen LogP contribution in [0.1, 0.15) is 0 Å². The molecular formula is C19H14BrClFNO3S. The van der Waals surface area contributed by atoms with E-state index in [4.69, 9.17) is 16.3 Å². The van der Waals surface area contributed by atoms with Crippen LogP contribution in [0.15, 0.2) is 70.0 Å². The fourth-order valence-corrected chi connectivity index (χ4v) is 4.92. The minimum atomic E-state index is -4.15. The Morgan fingerprint density at radius 2 is 1.74 bits per heavy atom. The van der Waals surface area contributed by atoms with Crippen LogP contribution in [0.3, 0.4) is 0 Å². The third kappa shape index (κ3) is 4.26. The third-order valence-corrected chi connectivity index (χ3v) is 5.90. The molecule has 0 aliphatic heterocycles. The zero-order chi connectivity index (χ0) is 19.6. The lowest BCUT2D eigenvalue weighted by atomic mass is 10.1. The van der Waals surface area contributed by atoms with Gasteiger partial charge in [-0.25, -0.2) is 12.8 Å². The van der Waals surface area contributed by atoms with Crippen LogP contribution in [0.5, 0.6) is 5.75 Å². The van der Waals surface area contributed by atoms with Gasteiger partial charge in [-0.1, -0.05) is 63.9 Å². The van der Waals surface area contributed by atoms with Crippen LogP contribution in [0.25, 0.3) is 11.1 Å². The molecule has 0 saturated heterocycles. The number of hydrogen-bond acceptors (Lipinski definition) is 3. The lowest BCUT2D eigenvalue weighted by molar-refractivity contribution is 0.403.